The van der Waals surface area contributed by atoms with Crippen LogP contribution in [0.25, 0.3) is 0 Å². The largest absolute Gasteiger partial charge is 0.474 e. The van der Waals surface area contributed by atoms with E-state index in [2.05, 4.69) is 30.0 Å². The molecule has 4 aliphatic heterocycles. The van der Waals surface area contributed by atoms with Gasteiger partial charge in [-0.15, -0.1) is 0 Å². The second kappa shape index (κ2) is 6.21. The molecule has 0 aromatic heterocycles. The molecule has 6 nitrogen and oxygen atoms in total. The summed E-state index contributed by atoms with van der Waals surface area (Å²) in [7, 11) is 0. The number of benzene rings is 2. The molecule has 6 rings (SSSR count). The minimum absolute atomic E-state index is 0.0470. The molecule has 6 heteroatoms. The van der Waals surface area contributed by atoms with Gasteiger partial charge in [0, 0.05) is 36.6 Å². The topological polar surface area (TPSA) is 49.4 Å². The highest BCUT2D eigenvalue weighted by atomic mass is 16.7. The maximum Gasteiger partial charge on any atom is 0.231 e. The zero-order valence-electron chi connectivity index (χ0n) is 15.8. The van der Waals surface area contributed by atoms with Crippen molar-refractivity contribution in [3.05, 3.63) is 41.5 Å². The number of likely N-dealkylation sites (tertiary alicyclic amines) is 1. The first-order chi connectivity index (χ1) is 13.8. The maximum absolute atomic E-state index is 6.53. The van der Waals surface area contributed by atoms with E-state index in [-0.39, 0.29) is 31.6 Å². The predicted molar refractivity (Wildman–Crippen MR) is 101 cm³/mol. The second-order valence-electron chi connectivity index (χ2n) is 7.94. The van der Waals surface area contributed by atoms with Gasteiger partial charge in [-0.25, -0.2) is 0 Å². The summed E-state index contributed by atoms with van der Waals surface area (Å²) in [5.74, 6) is 4.53. The summed E-state index contributed by atoms with van der Waals surface area (Å²) in [6.45, 7) is 5.00. The quantitative estimate of drug-likeness (QED) is 0.790. The van der Waals surface area contributed by atoms with Gasteiger partial charge in [-0.2, -0.15) is 0 Å². The van der Waals surface area contributed by atoms with E-state index in [4.69, 9.17) is 23.7 Å². The van der Waals surface area contributed by atoms with Crippen LogP contribution in [0.15, 0.2) is 30.3 Å². The Kier molecular flexibility index (Phi) is 3.63. The Bertz CT molecular complexity index is 923. The van der Waals surface area contributed by atoms with Crippen LogP contribution in [0.1, 0.15) is 36.8 Å². The molecule has 4 aliphatic rings. The molecule has 0 spiro atoms. The highest BCUT2D eigenvalue weighted by molar-refractivity contribution is 5.57. The van der Waals surface area contributed by atoms with Crippen LogP contribution in [0.3, 0.4) is 0 Å². The van der Waals surface area contributed by atoms with Crippen molar-refractivity contribution < 1.29 is 23.7 Å². The smallest absolute Gasteiger partial charge is 0.231 e. The van der Waals surface area contributed by atoms with E-state index >= 15 is 0 Å². The molecule has 28 heavy (non-hydrogen) atoms. The van der Waals surface area contributed by atoms with Crippen LogP contribution >= 0.6 is 0 Å². The normalized spacial score (nSPS) is 27.5. The highest BCUT2D eigenvalue weighted by Gasteiger charge is 2.41. The van der Waals surface area contributed by atoms with Crippen molar-refractivity contribution in [2.24, 2.45) is 5.92 Å². The molecule has 4 heterocycles. The van der Waals surface area contributed by atoms with Crippen LogP contribution in [0, 0.1) is 5.92 Å². The molecule has 1 saturated heterocycles. The molecular weight excluding hydrogens is 358 g/mol. The molecular formula is C22H23NO5. The second-order valence-corrected chi connectivity index (χ2v) is 7.94. The Hall–Kier alpha value is -2.60. The Balaban J connectivity index is 1.47. The first kappa shape index (κ1) is 16.4. The fourth-order valence-corrected chi connectivity index (χ4v) is 4.96. The Morgan fingerprint density at radius 2 is 1.46 bits per heavy atom. The first-order valence-corrected chi connectivity index (χ1v) is 10.0. The zero-order chi connectivity index (χ0) is 18.7. The molecule has 2 aromatic rings. The van der Waals surface area contributed by atoms with Gasteiger partial charge in [0.15, 0.2) is 29.2 Å². The van der Waals surface area contributed by atoms with Gasteiger partial charge in [-0.3, -0.25) is 4.90 Å². The van der Waals surface area contributed by atoms with Gasteiger partial charge in [0.2, 0.25) is 13.6 Å². The Morgan fingerprint density at radius 3 is 2.25 bits per heavy atom. The van der Waals surface area contributed by atoms with Crippen LogP contribution < -0.4 is 23.7 Å². The highest BCUT2D eigenvalue weighted by Crippen LogP contribution is 2.51. The van der Waals surface area contributed by atoms with E-state index in [1.807, 2.05) is 12.1 Å². The lowest BCUT2D eigenvalue weighted by atomic mass is 9.78. The summed E-state index contributed by atoms with van der Waals surface area (Å²) in [4.78, 5) is 2.47. The fraction of sp³-hybridized carbons (Fsp3) is 0.455. The Labute approximate surface area is 163 Å². The third-order valence-corrected chi connectivity index (χ3v) is 6.32. The average molecular weight is 381 g/mol. The Morgan fingerprint density at radius 1 is 0.786 bits per heavy atom. The number of fused-ring (bicyclic) bond motifs is 3. The number of rotatable bonds is 2. The third-order valence-electron chi connectivity index (χ3n) is 6.32. The zero-order valence-corrected chi connectivity index (χ0v) is 15.8. The van der Waals surface area contributed by atoms with Crippen molar-refractivity contribution in [3.63, 3.8) is 0 Å². The van der Waals surface area contributed by atoms with Crippen molar-refractivity contribution in [3.8, 4) is 28.7 Å². The number of hydrogen-bond acceptors (Lipinski definition) is 6. The molecule has 146 valence electrons. The first-order valence-electron chi connectivity index (χ1n) is 10.0. The van der Waals surface area contributed by atoms with Crippen molar-refractivity contribution in [2.75, 3.05) is 26.7 Å². The van der Waals surface area contributed by atoms with Crippen molar-refractivity contribution >= 4 is 0 Å². The minimum Gasteiger partial charge on any atom is -0.474 e. The van der Waals surface area contributed by atoms with E-state index in [0.717, 1.165) is 47.4 Å². The van der Waals surface area contributed by atoms with Gasteiger partial charge < -0.3 is 23.7 Å². The van der Waals surface area contributed by atoms with Crippen LogP contribution in [0.2, 0.25) is 0 Å². The maximum atomic E-state index is 6.53. The molecule has 0 saturated carbocycles. The average Bonchev–Trinajstić information content (AvgIpc) is 3.46. The molecule has 0 N–H and O–H groups in total. The van der Waals surface area contributed by atoms with E-state index in [1.54, 1.807) is 0 Å². The van der Waals surface area contributed by atoms with E-state index < -0.39 is 0 Å². The van der Waals surface area contributed by atoms with Gasteiger partial charge in [-0.1, -0.05) is 13.0 Å². The van der Waals surface area contributed by atoms with Crippen LogP contribution in [0.4, 0.5) is 0 Å². The van der Waals surface area contributed by atoms with E-state index in [9.17, 15) is 0 Å². The fourth-order valence-electron chi connectivity index (χ4n) is 4.96. The summed E-state index contributed by atoms with van der Waals surface area (Å²) in [6.07, 6.45) is 2.51. The molecule has 0 radical (unpaired) electrons. The van der Waals surface area contributed by atoms with Gasteiger partial charge in [-0.05, 0) is 36.6 Å². The lowest BCUT2D eigenvalue weighted by molar-refractivity contribution is -0.0178. The van der Waals surface area contributed by atoms with Gasteiger partial charge in [0.1, 0.15) is 5.75 Å². The molecule has 0 aliphatic carbocycles. The number of ether oxygens (including phenoxy) is 5. The monoisotopic (exact) mass is 381 g/mol. The predicted octanol–water partition coefficient (Wildman–Crippen LogP) is 3.73. The minimum atomic E-state index is 0.0470. The SMILES string of the molecule is C[C@H]1[C@@H](c2ccc3c(c2)OCO3)c2cc3c(cc2O[C@@H]1N1CCCC1)OCO3. The third kappa shape index (κ3) is 2.44. The van der Waals surface area contributed by atoms with E-state index in [0.29, 0.717) is 0 Å². The summed E-state index contributed by atoms with van der Waals surface area (Å²) < 4.78 is 28.9. The number of hydrogen-bond donors (Lipinski definition) is 0. The van der Waals surface area contributed by atoms with Crippen molar-refractivity contribution in [1.82, 2.24) is 4.90 Å². The molecule has 0 amide bonds. The lowest BCUT2D eigenvalue weighted by Crippen LogP contribution is -2.46. The molecule has 0 unspecified atom stereocenters. The number of nitrogens with zero attached hydrogens (tertiary/aromatic N) is 1. The summed E-state index contributed by atoms with van der Waals surface area (Å²) in [5, 5.41) is 0. The molecule has 1 fully saturated rings. The van der Waals surface area contributed by atoms with Crippen molar-refractivity contribution in [1.29, 1.82) is 0 Å². The summed E-state index contributed by atoms with van der Waals surface area (Å²) >= 11 is 0. The van der Waals surface area contributed by atoms with Gasteiger partial charge in [0.05, 0.1) is 0 Å². The summed E-state index contributed by atoms with van der Waals surface area (Å²) in [5.41, 5.74) is 2.36. The van der Waals surface area contributed by atoms with Crippen LogP contribution in [-0.4, -0.2) is 37.8 Å². The molecule has 2 aromatic carbocycles. The summed E-state index contributed by atoms with van der Waals surface area (Å²) in [6, 6.07) is 10.4. The van der Waals surface area contributed by atoms with E-state index in [1.165, 1.54) is 18.4 Å². The van der Waals surface area contributed by atoms with Crippen LogP contribution in [0.5, 0.6) is 28.7 Å². The van der Waals surface area contributed by atoms with Crippen molar-refractivity contribution in [2.45, 2.75) is 31.9 Å². The molecule has 3 atom stereocenters. The van der Waals surface area contributed by atoms with Crippen LogP contribution in [-0.2, 0) is 0 Å². The lowest BCUT2D eigenvalue weighted by Gasteiger charge is -2.42. The standard InChI is InChI=1S/C22H23NO5/c1-13-21(14-4-5-16-18(8-14)25-11-24-16)15-9-19-20(27-12-26-19)10-17(15)28-22(13)23-6-2-3-7-23/h4-5,8-10,13,21-22H,2-3,6-7,11-12H2,1H3/t13-,21-,22-/m0/s1. The van der Waals surface area contributed by atoms with Gasteiger partial charge in [0.25, 0.3) is 0 Å². The van der Waals surface area contributed by atoms with Gasteiger partial charge >= 0.3 is 0 Å². The molecule has 0 bridgehead atoms.